The molecule has 8 heteroatoms. The largest absolute Gasteiger partial charge is 0.384 e. The number of hydrogen-bond donors (Lipinski definition) is 0. The van der Waals surface area contributed by atoms with E-state index in [4.69, 9.17) is 14.0 Å². The Kier molecular flexibility index (Phi) is 6.08. The van der Waals surface area contributed by atoms with E-state index in [1.54, 1.807) is 19.5 Å². The first kappa shape index (κ1) is 17.5. The van der Waals surface area contributed by atoms with Crippen molar-refractivity contribution in [3.05, 3.63) is 30.4 Å². The molecule has 0 radical (unpaired) electrons. The predicted octanol–water partition coefficient (Wildman–Crippen LogP) is 1.68. The molecular weight excluding hydrogens is 324 g/mol. The van der Waals surface area contributed by atoms with Gasteiger partial charge in [0, 0.05) is 32.6 Å². The van der Waals surface area contributed by atoms with E-state index in [-0.39, 0.29) is 18.6 Å². The summed E-state index contributed by atoms with van der Waals surface area (Å²) >= 11 is 0. The van der Waals surface area contributed by atoms with Crippen LogP contribution in [-0.4, -0.2) is 58.8 Å². The quantitative estimate of drug-likeness (QED) is 0.753. The number of methoxy groups -OCH3 is 1. The van der Waals surface area contributed by atoms with Gasteiger partial charge in [-0.05, 0) is 25.0 Å². The molecule has 0 aromatic carbocycles. The minimum atomic E-state index is -0.0133. The Balaban J connectivity index is 1.50. The van der Waals surface area contributed by atoms with Crippen LogP contribution in [0.15, 0.2) is 29.0 Å². The summed E-state index contributed by atoms with van der Waals surface area (Å²) in [6.45, 7) is 2.07. The standard InChI is InChI=1S/C17H22N4O4/c1-23-9-6-16(22)21-8-3-5-14(11-21)24-12-15-19-17(25-20-15)13-4-2-7-18-10-13/h2,4,7,10,14H,3,5-6,8-9,11-12H2,1H3. The second-order valence-electron chi connectivity index (χ2n) is 5.92. The van der Waals surface area contributed by atoms with E-state index in [0.717, 1.165) is 24.9 Å². The zero-order valence-electron chi connectivity index (χ0n) is 14.3. The van der Waals surface area contributed by atoms with Crippen LogP contribution < -0.4 is 0 Å². The molecule has 0 spiro atoms. The first-order valence-electron chi connectivity index (χ1n) is 8.37. The molecule has 1 saturated heterocycles. The van der Waals surface area contributed by atoms with Crippen molar-refractivity contribution in [2.45, 2.75) is 32.0 Å². The van der Waals surface area contributed by atoms with Crippen molar-refractivity contribution in [2.75, 3.05) is 26.8 Å². The molecule has 0 aliphatic carbocycles. The third-order valence-electron chi connectivity index (χ3n) is 4.08. The molecule has 1 aliphatic rings. The third kappa shape index (κ3) is 4.83. The number of rotatable bonds is 7. The van der Waals surface area contributed by atoms with Gasteiger partial charge in [-0.2, -0.15) is 4.98 Å². The molecule has 0 saturated carbocycles. The number of aromatic nitrogens is 3. The molecule has 25 heavy (non-hydrogen) atoms. The van der Waals surface area contributed by atoms with Gasteiger partial charge in [0.05, 0.1) is 24.7 Å². The van der Waals surface area contributed by atoms with Gasteiger partial charge < -0.3 is 18.9 Å². The summed E-state index contributed by atoms with van der Waals surface area (Å²) in [4.78, 5) is 22.3. The summed E-state index contributed by atoms with van der Waals surface area (Å²) in [6, 6.07) is 3.67. The second kappa shape index (κ2) is 8.68. The molecule has 134 valence electrons. The smallest absolute Gasteiger partial charge is 0.259 e. The second-order valence-corrected chi connectivity index (χ2v) is 5.92. The van der Waals surface area contributed by atoms with Gasteiger partial charge in [-0.3, -0.25) is 9.78 Å². The minimum absolute atomic E-state index is 0.0133. The average Bonchev–Trinajstić information content (AvgIpc) is 3.14. The lowest BCUT2D eigenvalue weighted by molar-refractivity contribution is -0.136. The molecule has 2 aromatic rings. The SMILES string of the molecule is COCCC(=O)N1CCCC(OCc2noc(-c3cccnc3)n2)C1. The predicted molar refractivity (Wildman–Crippen MR) is 88.4 cm³/mol. The monoisotopic (exact) mass is 346 g/mol. The molecular formula is C17H22N4O4. The Hall–Kier alpha value is -2.32. The van der Waals surface area contributed by atoms with Crippen LogP contribution in [-0.2, 0) is 20.9 Å². The van der Waals surface area contributed by atoms with Crippen LogP contribution in [0.4, 0.5) is 0 Å². The van der Waals surface area contributed by atoms with Crippen LogP contribution in [0, 0.1) is 0 Å². The molecule has 1 amide bonds. The number of nitrogens with zero attached hydrogens (tertiary/aromatic N) is 4. The molecule has 1 fully saturated rings. The van der Waals surface area contributed by atoms with Gasteiger partial charge in [-0.25, -0.2) is 0 Å². The van der Waals surface area contributed by atoms with Crippen molar-refractivity contribution < 1.29 is 18.8 Å². The fourth-order valence-electron chi connectivity index (χ4n) is 2.76. The molecule has 0 N–H and O–H groups in total. The number of hydrogen-bond acceptors (Lipinski definition) is 7. The van der Waals surface area contributed by atoms with Gasteiger partial charge in [-0.15, -0.1) is 0 Å². The number of amides is 1. The van der Waals surface area contributed by atoms with E-state index >= 15 is 0 Å². The lowest BCUT2D eigenvalue weighted by atomic mass is 10.1. The maximum absolute atomic E-state index is 12.1. The average molecular weight is 346 g/mol. The van der Waals surface area contributed by atoms with E-state index in [1.807, 2.05) is 17.0 Å². The van der Waals surface area contributed by atoms with Gasteiger partial charge in [0.2, 0.25) is 5.91 Å². The van der Waals surface area contributed by atoms with Crippen LogP contribution >= 0.6 is 0 Å². The molecule has 1 aliphatic heterocycles. The zero-order valence-corrected chi connectivity index (χ0v) is 14.3. The first-order valence-corrected chi connectivity index (χ1v) is 8.37. The fraction of sp³-hybridized carbons (Fsp3) is 0.529. The molecule has 0 bridgehead atoms. The van der Waals surface area contributed by atoms with Crippen molar-refractivity contribution in [3.8, 4) is 11.5 Å². The lowest BCUT2D eigenvalue weighted by Crippen LogP contribution is -2.43. The highest BCUT2D eigenvalue weighted by atomic mass is 16.5. The molecule has 3 heterocycles. The highest BCUT2D eigenvalue weighted by Gasteiger charge is 2.24. The Labute approximate surface area is 146 Å². The highest BCUT2D eigenvalue weighted by molar-refractivity contribution is 5.76. The number of carbonyl (C=O) groups excluding carboxylic acids is 1. The van der Waals surface area contributed by atoms with E-state index in [9.17, 15) is 4.79 Å². The summed E-state index contributed by atoms with van der Waals surface area (Å²) in [5.41, 5.74) is 0.772. The number of likely N-dealkylation sites (tertiary alicyclic amines) is 1. The van der Waals surface area contributed by atoms with Crippen molar-refractivity contribution in [1.82, 2.24) is 20.0 Å². The van der Waals surface area contributed by atoms with E-state index in [2.05, 4.69) is 15.1 Å². The Morgan fingerprint density at radius 1 is 1.48 bits per heavy atom. The van der Waals surface area contributed by atoms with Crippen LogP contribution in [0.3, 0.4) is 0 Å². The molecule has 3 rings (SSSR count). The van der Waals surface area contributed by atoms with Crippen molar-refractivity contribution in [3.63, 3.8) is 0 Å². The van der Waals surface area contributed by atoms with E-state index < -0.39 is 0 Å². The molecule has 1 atom stereocenters. The number of ether oxygens (including phenoxy) is 2. The summed E-state index contributed by atoms with van der Waals surface area (Å²) in [5.74, 6) is 1.02. The van der Waals surface area contributed by atoms with Crippen molar-refractivity contribution in [1.29, 1.82) is 0 Å². The van der Waals surface area contributed by atoms with E-state index in [0.29, 0.717) is 31.3 Å². The third-order valence-corrected chi connectivity index (χ3v) is 4.08. The van der Waals surface area contributed by atoms with Crippen LogP contribution in [0.5, 0.6) is 0 Å². The van der Waals surface area contributed by atoms with Crippen LogP contribution in [0.1, 0.15) is 25.1 Å². The van der Waals surface area contributed by atoms with Gasteiger partial charge >= 0.3 is 0 Å². The molecule has 1 unspecified atom stereocenters. The molecule has 2 aromatic heterocycles. The van der Waals surface area contributed by atoms with Gasteiger partial charge in [0.1, 0.15) is 6.61 Å². The summed E-state index contributed by atoms with van der Waals surface area (Å²) in [7, 11) is 1.60. The zero-order chi connectivity index (χ0) is 17.5. The van der Waals surface area contributed by atoms with Crippen molar-refractivity contribution >= 4 is 5.91 Å². The van der Waals surface area contributed by atoms with E-state index in [1.165, 1.54) is 0 Å². The van der Waals surface area contributed by atoms with Crippen LogP contribution in [0.2, 0.25) is 0 Å². The fourth-order valence-corrected chi connectivity index (χ4v) is 2.76. The number of carbonyl (C=O) groups is 1. The van der Waals surface area contributed by atoms with Crippen LogP contribution in [0.25, 0.3) is 11.5 Å². The van der Waals surface area contributed by atoms with Gasteiger partial charge in [0.25, 0.3) is 5.89 Å². The first-order chi connectivity index (χ1) is 12.3. The normalized spacial score (nSPS) is 17.6. The Bertz CT molecular complexity index is 676. The lowest BCUT2D eigenvalue weighted by Gasteiger charge is -2.32. The Morgan fingerprint density at radius 2 is 2.40 bits per heavy atom. The summed E-state index contributed by atoms with van der Waals surface area (Å²) < 4.78 is 16.1. The Morgan fingerprint density at radius 3 is 3.20 bits per heavy atom. The maximum Gasteiger partial charge on any atom is 0.259 e. The summed E-state index contributed by atoms with van der Waals surface area (Å²) in [5, 5.41) is 3.94. The highest BCUT2D eigenvalue weighted by Crippen LogP contribution is 2.18. The topological polar surface area (TPSA) is 90.6 Å². The molecule has 8 nitrogen and oxygen atoms in total. The van der Waals surface area contributed by atoms with Gasteiger partial charge in [0.15, 0.2) is 5.82 Å². The van der Waals surface area contributed by atoms with Crippen molar-refractivity contribution in [2.24, 2.45) is 0 Å². The number of pyridine rings is 1. The number of piperidine rings is 1. The van der Waals surface area contributed by atoms with Gasteiger partial charge in [-0.1, -0.05) is 5.16 Å². The minimum Gasteiger partial charge on any atom is -0.384 e. The summed E-state index contributed by atoms with van der Waals surface area (Å²) in [6.07, 6.45) is 5.59. The maximum atomic E-state index is 12.1.